The summed E-state index contributed by atoms with van der Waals surface area (Å²) in [5.41, 5.74) is -1.20. The first kappa shape index (κ1) is 16.4. The van der Waals surface area contributed by atoms with E-state index in [0.29, 0.717) is 6.42 Å². The molecular formula is C13H27NO3. The van der Waals surface area contributed by atoms with Crippen molar-refractivity contribution < 1.29 is 14.6 Å². The van der Waals surface area contributed by atoms with Gasteiger partial charge in [0, 0.05) is 12.5 Å². The first-order valence-electron chi connectivity index (χ1n) is 6.15. The van der Waals surface area contributed by atoms with Crippen LogP contribution in [0.2, 0.25) is 0 Å². The molecule has 0 spiro atoms. The third-order valence-corrected chi connectivity index (χ3v) is 2.33. The van der Waals surface area contributed by atoms with E-state index in [1.54, 1.807) is 6.92 Å². The largest absolute Gasteiger partial charge is 0.480 e. The van der Waals surface area contributed by atoms with Gasteiger partial charge in [-0.15, -0.1) is 0 Å². The lowest BCUT2D eigenvalue weighted by molar-refractivity contribution is -0.147. The Balaban J connectivity index is 4.60. The van der Waals surface area contributed by atoms with E-state index >= 15 is 0 Å². The van der Waals surface area contributed by atoms with Crippen molar-refractivity contribution in [3.63, 3.8) is 0 Å². The summed E-state index contributed by atoms with van der Waals surface area (Å²) in [4.78, 5) is 11.3. The Morgan fingerprint density at radius 1 is 1.24 bits per heavy atom. The van der Waals surface area contributed by atoms with Gasteiger partial charge in [-0.05, 0) is 48.5 Å². The molecule has 17 heavy (non-hydrogen) atoms. The molecule has 0 aromatic carbocycles. The Kier molecular flexibility index (Phi) is 5.62. The SMILES string of the molecule is CC(C)NC(C)(CC(C)OC(C)(C)C)C(=O)O. The number of rotatable bonds is 6. The standard InChI is InChI=1S/C13H27NO3/c1-9(2)14-13(7,11(15)16)8-10(3)17-12(4,5)6/h9-10,14H,8H2,1-7H3,(H,15,16). The van der Waals surface area contributed by atoms with Gasteiger partial charge in [-0.2, -0.15) is 0 Å². The summed E-state index contributed by atoms with van der Waals surface area (Å²) >= 11 is 0. The average molecular weight is 245 g/mol. The molecule has 0 aliphatic rings. The minimum atomic E-state index is -0.946. The smallest absolute Gasteiger partial charge is 0.323 e. The second kappa shape index (κ2) is 5.83. The molecule has 0 rings (SSSR count). The van der Waals surface area contributed by atoms with Crippen LogP contribution in [0, 0.1) is 0 Å². The molecule has 0 heterocycles. The van der Waals surface area contributed by atoms with Crippen LogP contribution in [0.3, 0.4) is 0 Å². The van der Waals surface area contributed by atoms with Gasteiger partial charge in [0.1, 0.15) is 5.54 Å². The van der Waals surface area contributed by atoms with Gasteiger partial charge < -0.3 is 9.84 Å². The van der Waals surface area contributed by atoms with Crippen LogP contribution in [0.5, 0.6) is 0 Å². The molecule has 0 fully saturated rings. The van der Waals surface area contributed by atoms with Crippen LogP contribution >= 0.6 is 0 Å². The molecule has 4 nitrogen and oxygen atoms in total. The highest BCUT2D eigenvalue weighted by atomic mass is 16.5. The van der Waals surface area contributed by atoms with Crippen molar-refractivity contribution in [1.29, 1.82) is 0 Å². The average Bonchev–Trinajstić information content (AvgIpc) is 1.96. The number of aliphatic carboxylic acids is 1. The second-order valence-corrected chi connectivity index (χ2v) is 6.18. The number of hydrogen-bond acceptors (Lipinski definition) is 3. The molecule has 0 aliphatic heterocycles. The predicted octanol–water partition coefficient (Wildman–Crippen LogP) is 2.42. The predicted molar refractivity (Wildman–Crippen MR) is 69.2 cm³/mol. The number of carbonyl (C=O) groups is 1. The lowest BCUT2D eigenvalue weighted by Gasteiger charge is -2.33. The molecule has 2 atom stereocenters. The fraction of sp³-hybridized carbons (Fsp3) is 0.923. The van der Waals surface area contributed by atoms with Gasteiger partial charge in [-0.3, -0.25) is 10.1 Å². The molecule has 0 saturated heterocycles. The summed E-state index contributed by atoms with van der Waals surface area (Å²) in [5, 5.41) is 12.4. The van der Waals surface area contributed by atoms with Crippen molar-refractivity contribution in [1.82, 2.24) is 5.32 Å². The zero-order valence-corrected chi connectivity index (χ0v) is 12.1. The van der Waals surface area contributed by atoms with Gasteiger partial charge in [-0.1, -0.05) is 0 Å². The highest BCUT2D eigenvalue weighted by Crippen LogP contribution is 2.20. The first-order valence-corrected chi connectivity index (χ1v) is 6.15. The molecule has 0 bridgehead atoms. The summed E-state index contributed by atoms with van der Waals surface area (Å²) in [5.74, 6) is -0.837. The fourth-order valence-corrected chi connectivity index (χ4v) is 2.07. The van der Waals surface area contributed by atoms with E-state index in [0.717, 1.165) is 0 Å². The van der Waals surface area contributed by atoms with Gasteiger partial charge >= 0.3 is 5.97 Å². The van der Waals surface area contributed by atoms with E-state index < -0.39 is 11.5 Å². The van der Waals surface area contributed by atoms with Crippen molar-refractivity contribution >= 4 is 5.97 Å². The van der Waals surface area contributed by atoms with Gasteiger partial charge in [0.15, 0.2) is 0 Å². The minimum absolute atomic E-state index is 0.109. The molecule has 0 aromatic heterocycles. The second-order valence-electron chi connectivity index (χ2n) is 6.18. The van der Waals surface area contributed by atoms with Crippen LogP contribution in [0.1, 0.15) is 54.9 Å². The normalized spacial score (nSPS) is 17.9. The van der Waals surface area contributed by atoms with Crippen LogP contribution in [0.4, 0.5) is 0 Å². The number of ether oxygens (including phenoxy) is 1. The lowest BCUT2D eigenvalue weighted by Crippen LogP contribution is -2.54. The topological polar surface area (TPSA) is 58.6 Å². The fourth-order valence-electron chi connectivity index (χ4n) is 2.07. The quantitative estimate of drug-likeness (QED) is 0.754. The van der Waals surface area contributed by atoms with E-state index in [-0.39, 0.29) is 17.7 Å². The molecule has 0 saturated carbocycles. The van der Waals surface area contributed by atoms with E-state index in [1.807, 2.05) is 41.5 Å². The van der Waals surface area contributed by atoms with Crippen molar-refractivity contribution in [2.75, 3.05) is 0 Å². The Labute approximate surface area is 105 Å². The summed E-state index contributed by atoms with van der Waals surface area (Å²) in [6.45, 7) is 13.4. The molecule has 102 valence electrons. The third kappa shape index (κ3) is 6.64. The Morgan fingerprint density at radius 2 is 1.71 bits per heavy atom. The van der Waals surface area contributed by atoms with E-state index in [4.69, 9.17) is 4.74 Å². The highest BCUT2D eigenvalue weighted by molar-refractivity contribution is 5.78. The monoisotopic (exact) mass is 245 g/mol. The van der Waals surface area contributed by atoms with Gasteiger partial charge in [0.25, 0.3) is 0 Å². The number of nitrogens with one attached hydrogen (secondary N) is 1. The van der Waals surface area contributed by atoms with Crippen molar-refractivity contribution in [2.24, 2.45) is 0 Å². The minimum Gasteiger partial charge on any atom is -0.480 e. The maximum atomic E-state index is 11.3. The van der Waals surface area contributed by atoms with Crippen LogP contribution in [-0.2, 0) is 9.53 Å². The first-order chi connectivity index (χ1) is 7.46. The molecule has 0 aromatic rings. The van der Waals surface area contributed by atoms with Crippen molar-refractivity contribution in [3.8, 4) is 0 Å². The Bertz CT molecular complexity index is 258. The van der Waals surface area contributed by atoms with Gasteiger partial charge in [0.05, 0.1) is 11.7 Å². The summed E-state index contributed by atoms with van der Waals surface area (Å²) in [7, 11) is 0. The van der Waals surface area contributed by atoms with Crippen LogP contribution < -0.4 is 5.32 Å². The van der Waals surface area contributed by atoms with E-state index in [2.05, 4.69) is 5.32 Å². The number of hydrogen-bond donors (Lipinski definition) is 2. The lowest BCUT2D eigenvalue weighted by atomic mass is 9.93. The molecule has 0 aliphatic carbocycles. The van der Waals surface area contributed by atoms with E-state index in [9.17, 15) is 9.90 Å². The van der Waals surface area contributed by atoms with Crippen molar-refractivity contribution in [3.05, 3.63) is 0 Å². The summed E-state index contributed by atoms with van der Waals surface area (Å²) in [6, 6.07) is 0.123. The maximum Gasteiger partial charge on any atom is 0.323 e. The number of carboxylic acid groups (broad SMARTS) is 1. The summed E-state index contributed by atoms with van der Waals surface area (Å²) < 4.78 is 5.76. The van der Waals surface area contributed by atoms with E-state index in [1.165, 1.54) is 0 Å². The molecule has 2 unspecified atom stereocenters. The Morgan fingerprint density at radius 3 is 2.00 bits per heavy atom. The molecule has 2 N–H and O–H groups in total. The Hall–Kier alpha value is -0.610. The van der Waals surface area contributed by atoms with Crippen LogP contribution in [0.15, 0.2) is 0 Å². The number of carboxylic acids is 1. The molecular weight excluding hydrogens is 218 g/mol. The molecule has 0 amide bonds. The molecule has 4 heteroatoms. The zero-order valence-electron chi connectivity index (χ0n) is 12.1. The van der Waals surface area contributed by atoms with Gasteiger partial charge in [0.2, 0.25) is 0 Å². The molecule has 0 radical (unpaired) electrons. The van der Waals surface area contributed by atoms with Crippen molar-refractivity contribution in [2.45, 2.75) is 78.2 Å². The third-order valence-electron chi connectivity index (χ3n) is 2.33. The van der Waals surface area contributed by atoms with Gasteiger partial charge in [-0.25, -0.2) is 0 Å². The zero-order chi connectivity index (χ0) is 13.9. The highest BCUT2D eigenvalue weighted by Gasteiger charge is 2.36. The summed E-state index contributed by atoms with van der Waals surface area (Å²) in [6.07, 6.45) is 0.333. The van der Waals surface area contributed by atoms with Crippen LogP contribution in [0.25, 0.3) is 0 Å². The van der Waals surface area contributed by atoms with Crippen LogP contribution in [-0.4, -0.2) is 34.4 Å². The maximum absolute atomic E-state index is 11.3.